The van der Waals surface area contributed by atoms with E-state index in [9.17, 15) is 18.8 Å². The molecule has 2 amide bonds. The topological polar surface area (TPSA) is 84.5 Å². The molecule has 0 aliphatic rings. The van der Waals surface area contributed by atoms with E-state index in [2.05, 4.69) is 10.6 Å². The lowest BCUT2D eigenvalue weighted by Gasteiger charge is -2.22. The lowest BCUT2D eigenvalue weighted by molar-refractivity contribution is -0.157. The van der Waals surface area contributed by atoms with E-state index in [1.165, 1.54) is 30.4 Å². The molecule has 0 radical (unpaired) electrons. The number of amides is 2. The minimum atomic E-state index is -1.03. The van der Waals surface area contributed by atoms with E-state index in [1.807, 2.05) is 0 Å². The maximum Gasteiger partial charge on any atom is 0.329 e. The summed E-state index contributed by atoms with van der Waals surface area (Å²) in [5.74, 6) is -2.10. The molecular formula is C20H23FN2O4S. The van der Waals surface area contributed by atoms with E-state index in [1.54, 1.807) is 43.5 Å². The average molecular weight is 406 g/mol. The van der Waals surface area contributed by atoms with Crippen LogP contribution in [0.15, 0.2) is 41.8 Å². The Kier molecular flexibility index (Phi) is 7.69. The molecule has 2 atom stereocenters. The average Bonchev–Trinajstić information content (AvgIpc) is 3.19. The van der Waals surface area contributed by atoms with Gasteiger partial charge < -0.3 is 15.4 Å². The third-order valence-corrected chi connectivity index (χ3v) is 4.86. The van der Waals surface area contributed by atoms with Gasteiger partial charge in [0.15, 0.2) is 6.10 Å². The van der Waals surface area contributed by atoms with Crippen LogP contribution < -0.4 is 10.6 Å². The van der Waals surface area contributed by atoms with Crippen molar-refractivity contribution >= 4 is 29.1 Å². The zero-order valence-corrected chi connectivity index (χ0v) is 16.7. The first-order chi connectivity index (χ1) is 13.3. The Morgan fingerprint density at radius 1 is 1.11 bits per heavy atom. The molecule has 150 valence electrons. The fourth-order valence-corrected chi connectivity index (χ4v) is 2.98. The molecule has 1 aromatic carbocycles. The number of halogens is 1. The van der Waals surface area contributed by atoms with E-state index in [0.29, 0.717) is 4.88 Å². The summed E-state index contributed by atoms with van der Waals surface area (Å²) in [5.41, 5.74) is 0.719. The maximum absolute atomic E-state index is 12.9. The summed E-state index contributed by atoms with van der Waals surface area (Å²) in [5, 5.41) is 7.06. The molecule has 0 saturated carbocycles. The Hall–Kier alpha value is -2.74. The summed E-state index contributed by atoms with van der Waals surface area (Å²) in [4.78, 5) is 37.3. The summed E-state index contributed by atoms with van der Waals surface area (Å²) >= 11 is 1.27. The minimum Gasteiger partial charge on any atom is -0.451 e. The van der Waals surface area contributed by atoms with Gasteiger partial charge >= 0.3 is 5.97 Å². The Labute approximate surface area is 167 Å². The van der Waals surface area contributed by atoms with Crippen LogP contribution >= 0.6 is 11.3 Å². The third-order valence-electron chi connectivity index (χ3n) is 3.99. The fourth-order valence-electron chi connectivity index (χ4n) is 2.35. The highest BCUT2D eigenvalue weighted by atomic mass is 32.1. The molecule has 8 heteroatoms. The number of benzene rings is 1. The van der Waals surface area contributed by atoms with Gasteiger partial charge in [0.2, 0.25) is 0 Å². The van der Waals surface area contributed by atoms with Gasteiger partial charge in [-0.05, 0) is 42.0 Å². The number of hydrogen-bond acceptors (Lipinski definition) is 5. The Morgan fingerprint density at radius 2 is 1.79 bits per heavy atom. The summed E-state index contributed by atoms with van der Waals surface area (Å²) < 4.78 is 18.1. The molecule has 1 heterocycles. The molecular weight excluding hydrogens is 383 g/mol. The van der Waals surface area contributed by atoms with E-state index >= 15 is 0 Å². The van der Waals surface area contributed by atoms with Gasteiger partial charge in [0.25, 0.3) is 11.8 Å². The van der Waals surface area contributed by atoms with E-state index in [-0.39, 0.29) is 24.2 Å². The number of carbonyl (C=O) groups excluding carboxylic acids is 3. The smallest absolute Gasteiger partial charge is 0.329 e. The molecule has 28 heavy (non-hydrogen) atoms. The zero-order valence-electron chi connectivity index (χ0n) is 15.9. The first-order valence-corrected chi connectivity index (χ1v) is 9.73. The van der Waals surface area contributed by atoms with E-state index < -0.39 is 24.0 Å². The van der Waals surface area contributed by atoms with Gasteiger partial charge in [-0.3, -0.25) is 9.59 Å². The van der Waals surface area contributed by atoms with Crippen LogP contribution in [-0.4, -0.2) is 29.9 Å². The van der Waals surface area contributed by atoms with Crippen molar-refractivity contribution in [3.05, 3.63) is 58.0 Å². The molecule has 1 aromatic heterocycles. The second-order valence-corrected chi connectivity index (χ2v) is 7.54. The van der Waals surface area contributed by atoms with Crippen LogP contribution in [0.4, 0.5) is 4.39 Å². The number of carbonyl (C=O) groups is 3. The van der Waals surface area contributed by atoms with Crippen molar-refractivity contribution in [2.75, 3.05) is 0 Å². The van der Waals surface area contributed by atoms with Crippen LogP contribution in [0.2, 0.25) is 0 Å². The first kappa shape index (κ1) is 21.6. The van der Waals surface area contributed by atoms with E-state index in [0.717, 1.165) is 5.56 Å². The minimum absolute atomic E-state index is 0.184. The number of rotatable bonds is 8. The monoisotopic (exact) mass is 406 g/mol. The fraction of sp³-hybridized carbons (Fsp3) is 0.350. The second kappa shape index (κ2) is 9.98. The number of nitrogens with one attached hydrogen (secondary N) is 2. The van der Waals surface area contributed by atoms with Gasteiger partial charge in [0.05, 0.1) is 4.88 Å². The molecule has 0 unspecified atom stereocenters. The van der Waals surface area contributed by atoms with Crippen LogP contribution in [0.1, 0.15) is 36.0 Å². The van der Waals surface area contributed by atoms with Crippen molar-refractivity contribution < 1.29 is 23.5 Å². The van der Waals surface area contributed by atoms with Gasteiger partial charge in [-0.2, -0.15) is 0 Å². The van der Waals surface area contributed by atoms with Crippen molar-refractivity contribution in [1.82, 2.24) is 10.6 Å². The van der Waals surface area contributed by atoms with Crippen molar-refractivity contribution in [3.63, 3.8) is 0 Å². The highest BCUT2D eigenvalue weighted by Crippen LogP contribution is 2.12. The number of hydrogen-bond donors (Lipinski definition) is 2. The van der Waals surface area contributed by atoms with Gasteiger partial charge in [0, 0.05) is 6.54 Å². The number of ether oxygens (including phenoxy) is 1. The van der Waals surface area contributed by atoms with Crippen LogP contribution in [0.5, 0.6) is 0 Å². The summed E-state index contributed by atoms with van der Waals surface area (Å²) in [6.07, 6.45) is -1.03. The Bertz CT molecular complexity index is 806. The molecule has 0 aliphatic heterocycles. The molecule has 0 saturated heterocycles. The molecule has 2 aromatic rings. The Balaban J connectivity index is 1.89. The molecule has 6 nitrogen and oxygen atoms in total. The third kappa shape index (κ3) is 6.16. The van der Waals surface area contributed by atoms with Crippen LogP contribution in [0.25, 0.3) is 0 Å². The molecule has 0 aliphatic carbocycles. The van der Waals surface area contributed by atoms with Crippen molar-refractivity contribution in [1.29, 1.82) is 0 Å². The lowest BCUT2D eigenvalue weighted by Crippen LogP contribution is -2.47. The normalized spacial score (nSPS) is 12.9. The SMILES string of the molecule is CC(C)[C@@H](NC(=O)c1cccs1)C(=O)O[C@@H](C)C(=O)NCc1ccc(F)cc1. The first-order valence-electron chi connectivity index (χ1n) is 8.85. The van der Waals surface area contributed by atoms with Crippen LogP contribution in [0.3, 0.4) is 0 Å². The molecule has 2 N–H and O–H groups in total. The zero-order chi connectivity index (χ0) is 20.7. The highest BCUT2D eigenvalue weighted by molar-refractivity contribution is 7.12. The van der Waals surface area contributed by atoms with Crippen LogP contribution in [0, 0.1) is 11.7 Å². The molecule has 0 spiro atoms. The largest absolute Gasteiger partial charge is 0.451 e. The molecule has 0 fully saturated rings. The van der Waals surface area contributed by atoms with E-state index in [4.69, 9.17) is 4.74 Å². The number of thiophene rings is 1. The highest BCUT2D eigenvalue weighted by Gasteiger charge is 2.29. The molecule has 2 rings (SSSR count). The summed E-state index contributed by atoms with van der Waals surface area (Å²) in [7, 11) is 0. The second-order valence-electron chi connectivity index (χ2n) is 6.60. The van der Waals surface area contributed by atoms with Gasteiger partial charge in [-0.25, -0.2) is 9.18 Å². The van der Waals surface area contributed by atoms with Crippen LogP contribution in [-0.2, 0) is 20.9 Å². The van der Waals surface area contributed by atoms with Gasteiger partial charge in [0.1, 0.15) is 11.9 Å². The summed E-state index contributed by atoms with van der Waals surface area (Å²) in [6.45, 7) is 5.19. The standard InChI is InChI=1S/C20H23FN2O4S/c1-12(2)17(23-19(25)16-5-4-10-28-16)20(26)27-13(3)18(24)22-11-14-6-8-15(21)9-7-14/h4-10,12-13,17H,11H2,1-3H3,(H,22,24)(H,23,25)/t13-,17+/m0/s1. The van der Waals surface area contributed by atoms with Crippen molar-refractivity contribution in [2.45, 2.75) is 39.5 Å². The quantitative estimate of drug-likeness (QED) is 0.660. The van der Waals surface area contributed by atoms with Gasteiger partial charge in [-0.15, -0.1) is 11.3 Å². The van der Waals surface area contributed by atoms with Crippen molar-refractivity contribution in [3.8, 4) is 0 Å². The Morgan fingerprint density at radius 3 is 2.36 bits per heavy atom. The lowest BCUT2D eigenvalue weighted by atomic mass is 10.0. The predicted molar refractivity (Wildman–Crippen MR) is 104 cm³/mol. The summed E-state index contributed by atoms with van der Waals surface area (Å²) in [6, 6.07) is 8.25. The number of esters is 1. The van der Waals surface area contributed by atoms with Crippen molar-refractivity contribution in [2.24, 2.45) is 5.92 Å². The maximum atomic E-state index is 12.9. The molecule has 0 bridgehead atoms. The van der Waals surface area contributed by atoms with Gasteiger partial charge in [-0.1, -0.05) is 32.0 Å². The predicted octanol–water partition coefficient (Wildman–Crippen LogP) is 2.89.